The summed E-state index contributed by atoms with van der Waals surface area (Å²) in [5.74, 6) is -11.4. The molecule has 21 atom stereocenters. The number of aliphatic carboxylic acids is 2. The molecule has 0 bridgehead atoms. The van der Waals surface area contributed by atoms with E-state index >= 15 is 0 Å². The van der Waals surface area contributed by atoms with Crippen molar-refractivity contribution in [3.05, 3.63) is 0 Å². The number of carboxylic acids is 2. The van der Waals surface area contributed by atoms with Gasteiger partial charge in [-0.15, -0.1) is 0 Å². The molecular weight excluding hydrogens is 827 g/mol. The third kappa shape index (κ3) is 10.1. The monoisotopic (exact) mass is 876 g/mol. The molecule has 0 aromatic carbocycles. The highest BCUT2D eigenvalue weighted by atomic mass is 31.2. The average molecular weight is 877 g/mol. The van der Waals surface area contributed by atoms with Crippen molar-refractivity contribution in [2.75, 3.05) is 26.4 Å². The number of phosphoric ester groups is 1. The fraction of sp³-hybridized carbons (Fsp3) is 0.929. The van der Waals surface area contributed by atoms with E-state index in [0.717, 1.165) is 0 Å². The van der Waals surface area contributed by atoms with Crippen LogP contribution in [0.4, 0.5) is 0 Å². The van der Waals surface area contributed by atoms with E-state index in [-0.39, 0.29) is 0 Å². The quantitative estimate of drug-likeness (QED) is 0.0640. The van der Waals surface area contributed by atoms with E-state index in [1.165, 1.54) is 0 Å². The first kappa shape index (κ1) is 48.9. The molecule has 4 rings (SSSR count). The Balaban J connectivity index is 1.65. The summed E-state index contributed by atoms with van der Waals surface area (Å²) in [7, 11) is -5.55. The number of carboxylic acid groups (broad SMARTS) is 2. The van der Waals surface area contributed by atoms with Crippen molar-refractivity contribution in [3.8, 4) is 0 Å². The minimum atomic E-state index is -5.55. The normalized spacial score (nSPS) is 46.3. The third-order valence-corrected chi connectivity index (χ3v) is 10.5. The second-order valence-electron chi connectivity index (χ2n) is 13.9. The fourth-order valence-corrected chi connectivity index (χ4v) is 7.26. The zero-order valence-corrected chi connectivity index (χ0v) is 30.6. The number of nitrogens with two attached hydrogens (primary N) is 2. The van der Waals surface area contributed by atoms with Crippen LogP contribution in [0.1, 0.15) is 6.42 Å². The van der Waals surface area contributed by atoms with Gasteiger partial charge >= 0.3 is 19.8 Å². The molecule has 0 radical (unpaired) electrons. The topological polar surface area (TPSA) is 501 Å². The van der Waals surface area contributed by atoms with Gasteiger partial charge < -0.3 is 126 Å². The zero-order chi connectivity index (χ0) is 43.8. The van der Waals surface area contributed by atoms with Gasteiger partial charge in [0.15, 0.2) is 18.7 Å². The van der Waals surface area contributed by atoms with Crippen LogP contribution in [-0.2, 0) is 51.8 Å². The fourth-order valence-electron chi connectivity index (χ4n) is 6.68. The van der Waals surface area contributed by atoms with Crippen LogP contribution >= 0.6 is 7.82 Å². The Morgan fingerprint density at radius 1 is 0.759 bits per heavy atom. The lowest BCUT2D eigenvalue weighted by Gasteiger charge is -2.50. The summed E-state index contributed by atoms with van der Waals surface area (Å²) in [6, 6.07) is -3.19. The minimum absolute atomic E-state index is 0.766. The van der Waals surface area contributed by atoms with Gasteiger partial charge in [0.25, 0.3) is 11.6 Å². The number of rotatable bonds is 16. The average Bonchev–Trinajstić information content (AvgIpc) is 3.16. The molecule has 0 aliphatic carbocycles. The number of aliphatic hydroxyl groups is 12. The van der Waals surface area contributed by atoms with E-state index < -0.39 is 180 Å². The van der Waals surface area contributed by atoms with Crippen LogP contribution in [0.3, 0.4) is 0 Å². The lowest BCUT2D eigenvalue weighted by molar-refractivity contribution is -0.380. The Bertz CT molecular complexity index is 1450. The van der Waals surface area contributed by atoms with E-state index in [0.29, 0.717) is 0 Å². The molecule has 0 amide bonds. The Labute approximate surface area is 325 Å². The minimum Gasteiger partial charge on any atom is -0.477 e. The molecule has 4 heterocycles. The van der Waals surface area contributed by atoms with Crippen molar-refractivity contribution in [2.24, 2.45) is 11.5 Å². The lowest BCUT2D eigenvalue weighted by Crippen LogP contribution is -2.72. The maximum Gasteiger partial charge on any atom is 0.470 e. The van der Waals surface area contributed by atoms with E-state index in [9.17, 15) is 95.4 Å². The van der Waals surface area contributed by atoms with Gasteiger partial charge in [-0.2, -0.15) is 0 Å². The smallest absolute Gasteiger partial charge is 0.470 e. The number of ether oxygens (including phenoxy) is 7. The number of phosphoric acid groups is 1. The Hall–Kier alpha value is -1.79. The Kier molecular flexibility index (Phi) is 16.1. The summed E-state index contributed by atoms with van der Waals surface area (Å²) in [5, 5.41) is 145. The van der Waals surface area contributed by atoms with Gasteiger partial charge in [-0.1, -0.05) is 0 Å². The largest absolute Gasteiger partial charge is 0.477 e. The van der Waals surface area contributed by atoms with Gasteiger partial charge in [-0.25, -0.2) is 14.2 Å². The van der Waals surface area contributed by atoms with Gasteiger partial charge in [0.05, 0.1) is 44.6 Å². The highest BCUT2D eigenvalue weighted by Crippen LogP contribution is 2.43. The van der Waals surface area contributed by atoms with Crippen molar-refractivity contribution >= 4 is 19.8 Å². The molecule has 0 unspecified atom stereocenters. The molecule has 0 spiro atoms. The molecule has 338 valence electrons. The van der Waals surface area contributed by atoms with Crippen LogP contribution in [-0.4, -0.2) is 247 Å². The molecule has 4 saturated heterocycles. The lowest BCUT2D eigenvalue weighted by atomic mass is 9.88. The Morgan fingerprint density at radius 3 is 1.88 bits per heavy atom. The molecule has 4 aliphatic rings. The molecule has 4 aliphatic heterocycles. The van der Waals surface area contributed by atoms with Gasteiger partial charge in [-0.3, -0.25) is 4.52 Å². The van der Waals surface area contributed by atoms with Crippen molar-refractivity contribution in [1.29, 1.82) is 0 Å². The first-order chi connectivity index (χ1) is 26.8. The van der Waals surface area contributed by atoms with Crippen LogP contribution in [0.15, 0.2) is 0 Å². The van der Waals surface area contributed by atoms with Crippen LogP contribution < -0.4 is 11.5 Å². The number of hydrogen-bond acceptors (Lipinski definition) is 25. The highest BCUT2D eigenvalue weighted by molar-refractivity contribution is 7.46. The summed E-state index contributed by atoms with van der Waals surface area (Å²) >= 11 is 0. The summed E-state index contributed by atoms with van der Waals surface area (Å²) in [4.78, 5) is 44.3. The first-order valence-corrected chi connectivity index (χ1v) is 18.7. The van der Waals surface area contributed by atoms with Crippen molar-refractivity contribution in [3.63, 3.8) is 0 Å². The van der Waals surface area contributed by atoms with Gasteiger partial charge in [0.1, 0.15) is 79.4 Å². The first-order valence-electron chi connectivity index (χ1n) is 17.2. The second kappa shape index (κ2) is 19.1. The van der Waals surface area contributed by atoms with Crippen molar-refractivity contribution < 1.29 is 133 Å². The van der Waals surface area contributed by atoms with Gasteiger partial charge in [0.2, 0.25) is 0 Å². The van der Waals surface area contributed by atoms with E-state index in [1.807, 2.05) is 0 Å². The standard InChI is InChI=1S/C28H49N2O27P/c29-11-15(37)13(35)9(53-23(11)41)4-50-24-12(30)16(38)21(57-58(47,48)49)10(54-24)5-51-27(25(42)43)1-8(14(36)19(55-27)6(33)2-31)52-22-18(40)17(39)20(7(34)3-32)56-28(22,46)26(44)45/h6-24,31-41,46H,1-5,29-30H2,(H,42,43)(H,44,45)(H2,47,48,49)/t6-,7-,8-,9-,10-,11-,12-,13-,14-,15+,16-,17-,18+,19-,20-,21-,22-,23+,24-,27-,28-/m1/s1. The summed E-state index contributed by atoms with van der Waals surface area (Å²) < 4.78 is 54.0. The maximum atomic E-state index is 12.9. The zero-order valence-electron chi connectivity index (χ0n) is 29.8. The molecule has 0 aromatic heterocycles. The molecule has 58 heavy (non-hydrogen) atoms. The molecule has 0 aromatic rings. The van der Waals surface area contributed by atoms with E-state index in [1.54, 1.807) is 0 Å². The molecular formula is C28H49N2O27P. The Morgan fingerprint density at radius 2 is 1.34 bits per heavy atom. The van der Waals surface area contributed by atoms with Crippen LogP contribution in [0.5, 0.6) is 0 Å². The molecule has 29 nitrogen and oxygen atoms in total. The second-order valence-corrected chi connectivity index (χ2v) is 15.1. The molecule has 0 saturated carbocycles. The molecule has 4 fully saturated rings. The number of carbonyl (C=O) groups is 2. The maximum absolute atomic E-state index is 12.9. The summed E-state index contributed by atoms with van der Waals surface area (Å²) in [5.41, 5.74) is 11.5. The van der Waals surface area contributed by atoms with Crippen molar-refractivity contribution in [2.45, 2.75) is 134 Å². The SMILES string of the molecule is N[C@@H]1[C@H](O)[C@H](O)[C@@H](CO[C@@H]2O[C@H](CO[C@]3(C(=O)O)C[C@@H](O[C@@H]4[C@@H](O)[C@@H](O)[C@@H]([C@H](O)CO)O[C@@]4(O)C(=O)O)[C@@H](O)[C@@H]([C@H](O)CO)O3)[C@@H](OP(=O)(O)O)[C@H](O)[C@H]2N)O[C@@H]1O. The van der Waals surface area contributed by atoms with Crippen LogP contribution in [0.2, 0.25) is 0 Å². The highest BCUT2D eigenvalue weighted by Gasteiger charge is 2.63. The third-order valence-electron chi connectivity index (χ3n) is 9.95. The number of hydrogen-bond donors (Lipinski definition) is 18. The van der Waals surface area contributed by atoms with E-state index in [4.69, 9.17) is 44.6 Å². The molecule has 20 N–H and O–H groups in total. The van der Waals surface area contributed by atoms with Crippen LogP contribution in [0, 0.1) is 0 Å². The molecule has 30 heteroatoms. The van der Waals surface area contributed by atoms with E-state index in [2.05, 4.69) is 4.52 Å². The number of aliphatic hydroxyl groups excluding tert-OH is 11. The van der Waals surface area contributed by atoms with Crippen LogP contribution in [0.25, 0.3) is 0 Å². The van der Waals surface area contributed by atoms with Crippen molar-refractivity contribution in [1.82, 2.24) is 0 Å². The van der Waals surface area contributed by atoms with Gasteiger partial charge in [0, 0.05) is 6.42 Å². The summed E-state index contributed by atoms with van der Waals surface area (Å²) in [6.07, 6.45) is -37.2. The predicted molar refractivity (Wildman–Crippen MR) is 173 cm³/mol. The predicted octanol–water partition coefficient (Wildman–Crippen LogP) is -11.0. The summed E-state index contributed by atoms with van der Waals surface area (Å²) in [6.45, 7) is -4.47. The van der Waals surface area contributed by atoms with Gasteiger partial charge in [-0.05, 0) is 0 Å².